The van der Waals surface area contributed by atoms with E-state index >= 15 is 0 Å². The Bertz CT molecular complexity index is 1460. The lowest BCUT2D eigenvalue weighted by Gasteiger charge is -2.25. The topological polar surface area (TPSA) is 115 Å². The first-order valence-corrected chi connectivity index (χ1v) is 12.5. The highest BCUT2D eigenvalue weighted by molar-refractivity contribution is 6.52. The van der Waals surface area contributed by atoms with Crippen molar-refractivity contribution in [1.82, 2.24) is 4.98 Å². The molecule has 39 heavy (non-hydrogen) atoms. The van der Waals surface area contributed by atoms with Crippen LogP contribution in [0, 0.1) is 0 Å². The van der Waals surface area contributed by atoms with E-state index in [0.717, 1.165) is 0 Å². The maximum absolute atomic E-state index is 13.4. The Labute approximate surface area is 234 Å². The van der Waals surface area contributed by atoms with Crippen molar-refractivity contribution in [3.63, 3.8) is 0 Å². The van der Waals surface area contributed by atoms with Crippen LogP contribution >= 0.6 is 23.2 Å². The van der Waals surface area contributed by atoms with Gasteiger partial charge in [-0.05, 0) is 42.3 Å². The fourth-order valence-electron chi connectivity index (χ4n) is 4.40. The van der Waals surface area contributed by atoms with Crippen molar-refractivity contribution >= 4 is 52.3 Å². The molecule has 4 rings (SSSR count). The molecule has 2 aromatic carbocycles. The molecule has 1 aromatic heterocycles. The minimum Gasteiger partial charge on any atom is -0.507 e. The molecule has 202 valence electrons. The third kappa shape index (κ3) is 5.28. The second-order valence-electron chi connectivity index (χ2n) is 8.39. The molecular weight excluding hydrogens is 547 g/mol. The fourth-order valence-corrected chi connectivity index (χ4v) is 5.08. The Balaban J connectivity index is 1.88. The number of esters is 1. The summed E-state index contributed by atoms with van der Waals surface area (Å²) < 4.78 is 15.6. The van der Waals surface area contributed by atoms with Gasteiger partial charge in [0.2, 0.25) is 0 Å². The number of carbonyl (C=O) groups is 3. The summed E-state index contributed by atoms with van der Waals surface area (Å²) >= 11 is 12.7. The number of ketones is 1. The van der Waals surface area contributed by atoms with Gasteiger partial charge in [-0.25, -0.2) is 0 Å². The lowest BCUT2D eigenvalue weighted by Crippen LogP contribution is -2.29. The number of hydrogen-bond acceptors (Lipinski definition) is 8. The Morgan fingerprint density at radius 2 is 1.77 bits per heavy atom. The van der Waals surface area contributed by atoms with Crippen molar-refractivity contribution in [3.05, 3.63) is 87.2 Å². The van der Waals surface area contributed by atoms with Gasteiger partial charge in [0.1, 0.15) is 10.8 Å². The van der Waals surface area contributed by atoms with Crippen molar-refractivity contribution < 1.29 is 33.7 Å². The predicted molar refractivity (Wildman–Crippen MR) is 145 cm³/mol. The molecule has 11 heteroatoms. The van der Waals surface area contributed by atoms with Crippen LogP contribution in [0.5, 0.6) is 11.5 Å². The molecule has 0 spiro atoms. The highest BCUT2D eigenvalue weighted by Gasteiger charge is 2.47. The molecule has 3 aromatic rings. The first-order chi connectivity index (χ1) is 18.7. The van der Waals surface area contributed by atoms with E-state index in [1.54, 1.807) is 49.5 Å². The smallest absolute Gasteiger partial charge is 0.310 e. The molecule has 1 atom stereocenters. The number of pyridine rings is 1. The number of anilines is 1. The average molecular weight is 571 g/mol. The van der Waals surface area contributed by atoms with E-state index in [9.17, 15) is 19.5 Å². The number of halogens is 2. The zero-order valence-electron chi connectivity index (χ0n) is 21.2. The van der Waals surface area contributed by atoms with Crippen molar-refractivity contribution in [1.29, 1.82) is 0 Å². The summed E-state index contributed by atoms with van der Waals surface area (Å²) in [7, 11) is 2.71. The van der Waals surface area contributed by atoms with Crippen LogP contribution in [0.25, 0.3) is 5.76 Å². The van der Waals surface area contributed by atoms with Crippen molar-refractivity contribution in [3.8, 4) is 11.5 Å². The number of aromatic nitrogens is 1. The van der Waals surface area contributed by atoms with Crippen LogP contribution < -0.4 is 14.4 Å². The largest absolute Gasteiger partial charge is 0.507 e. The number of rotatable bonds is 8. The van der Waals surface area contributed by atoms with Crippen LogP contribution in [-0.2, 0) is 25.5 Å². The van der Waals surface area contributed by atoms with Gasteiger partial charge < -0.3 is 19.3 Å². The van der Waals surface area contributed by atoms with Gasteiger partial charge in [-0.1, -0.05) is 41.4 Å². The van der Waals surface area contributed by atoms with Gasteiger partial charge in [-0.2, -0.15) is 0 Å². The van der Waals surface area contributed by atoms with Gasteiger partial charge in [-0.3, -0.25) is 24.3 Å². The molecule has 1 amide bonds. The number of aliphatic hydroxyl groups is 1. The van der Waals surface area contributed by atoms with Crippen LogP contribution in [0.1, 0.15) is 29.7 Å². The van der Waals surface area contributed by atoms with Gasteiger partial charge in [0.25, 0.3) is 11.7 Å². The summed E-state index contributed by atoms with van der Waals surface area (Å²) in [6, 6.07) is 10.2. The van der Waals surface area contributed by atoms with E-state index in [0.29, 0.717) is 16.8 Å². The van der Waals surface area contributed by atoms with Crippen molar-refractivity contribution in [2.75, 3.05) is 25.7 Å². The monoisotopic (exact) mass is 570 g/mol. The third-order valence-corrected chi connectivity index (χ3v) is 6.73. The summed E-state index contributed by atoms with van der Waals surface area (Å²) in [4.78, 5) is 44.1. The molecule has 0 radical (unpaired) electrons. The molecule has 0 aliphatic carbocycles. The zero-order valence-corrected chi connectivity index (χ0v) is 22.7. The second kappa shape index (κ2) is 11.8. The van der Waals surface area contributed by atoms with E-state index in [-0.39, 0.29) is 51.7 Å². The maximum Gasteiger partial charge on any atom is 0.310 e. The number of carbonyl (C=O) groups excluding carboxylic acids is 3. The molecule has 1 fully saturated rings. The van der Waals surface area contributed by atoms with Crippen LogP contribution in [-0.4, -0.2) is 48.6 Å². The molecule has 0 bridgehead atoms. The Kier molecular flexibility index (Phi) is 8.42. The minimum absolute atomic E-state index is 0.00461. The number of Topliss-reactive ketones (excluding diaryl/α,β-unsaturated/α-hetero) is 1. The molecule has 1 saturated heterocycles. The zero-order chi connectivity index (χ0) is 28.3. The summed E-state index contributed by atoms with van der Waals surface area (Å²) in [5, 5.41) is 11.5. The Morgan fingerprint density at radius 1 is 1.08 bits per heavy atom. The second-order valence-corrected chi connectivity index (χ2v) is 9.18. The van der Waals surface area contributed by atoms with Gasteiger partial charge in [0.15, 0.2) is 11.5 Å². The summed E-state index contributed by atoms with van der Waals surface area (Å²) in [6.45, 7) is 1.99. The van der Waals surface area contributed by atoms with E-state index < -0.39 is 23.5 Å². The average Bonchev–Trinajstić information content (AvgIpc) is 3.19. The standard InChI is InChI=1S/C28H24Cl2N2O7/c1-4-39-20(33)12-15-7-9-17(10-8-15)32-23(16-6-5-11-31-14-16)21(25(35)28(32)36)24(34)18-13-19(29)27(38-3)22(30)26(18)37-2/h5-11,13-14,23,34H,4,12H2,1-3H3/b24-21+. The summed E-state index contributed by atoms with van der Waals surface area (Å²) in [6.07, 6.45) is 3.10. The van der Waals surface area contributed by atoms with Gasteiger partial charge >= 0.3 is 5.97 Å². The fraction of sp³-hybridized carbons (Fsp3) is 0.214. The number of hydrogen-bond donors (Lipinski definition) is 1. The van der Waals surface area contributed by atoms with Crippen LogP contribution in [0.4, 0.5) is 5.69 Å². The first-order valence-electron chi connectivity index (χ1n) is 11.8. The van der Waals surface area contributed by atoms with E-state index in [1.165, 1.54) is 31.4 Å². The highest BCUT2D eigenvalue weighted by Crippen LogP contribution is 2.48. The van der Waals surface area contributed by atoms with Gasteiger partial charge in [0, 0.05) is 18.1 Å². The molecule has 1 aliphatic rings. The van der Waals surface area contributed by atoms with Crippen LogP contribution in [0.2, 0.25) is 10.0 Å². The molecule has 0 saturated carbocycles. The van der Waals surface area contributed by atoms with Crippen LogP contribution in [0.15, 0.2) is 60.4 Å². The van der Waals surface area contributed by atoms with Gasteiger partial charge in [-0.15, -0.1) is 0 Å². The molecule has 2 heterocycles. The number of nitrogens with zero attached hydrogens (tertiary/aromatic N) is 2. The number of benzene rings is 2. The predicted octanol–water partition coefficient (Wildman–Crippen LogP) is 5.14. The number of amides is 1. The normalized spacial score (nSPS) is 16.3. The SMILES string of the molecule is CCOC(=O)Cc1ccc(N2C(=O)C(=O)/C(=C(/O)c3cc(Cl)c(OC)c(Cl)c3OC)C2c2cccnc2)cc1. The first kappa shape index (κ1) is 27.9. The van der Waals surface area contributed by atoms with E-state index in [4.69, 9.17) is 37.4 Å². The lowest BCUT2D eigenvalue weighted by molar-refractivity contribution is -0.142. The van der Waals surface area contributed by atoms with Gasteiger partial charge in [0.05, 0.1) is 49.4 Å². The molecule has 1 N–H and O–H groups in total. The maximum atomic E-state index is 13.4. The number of ether oxygens (including phenoxy) is 3. The highest BCUT2D eigenvalue weighted by atomic mass is 35.5. The quantitative estimate of drug-likeness (QED) is 0.171. The third-order valence-electron chi connectivity index (χ3n) is 6.11. The number of methoxy groups -OCH3 is 2. The lowest BCUT2D eigenvalue weighted by atomic mass is 9.95. The summed E-state index contributed by atoms with van der Waals surface area (Å²) in [5.41, 5.74) is 1.30. The number of aliphatic hydroxyl groups excluding tert-OH is 1. The van der Waals surface area contributed by atoms with Crippen molar-refractivity contribution in [2.24, 2.45) is 0 Å². The minimum atomic E-state index is -1.04. The molecule has 1 unspecified atom stereocenters. The molecular formula is C28H24Cl2N2O7. The van der Waals surface area contributed by atoms with Crippen molar-refractivity contribution in [2.45, 2.75) is 19.4 Å². The Morgan fingerprint density at radius 3 is 2.36 bits per heavy atom. The van der Waals surface area contributed by atoms with E-state index in [2.05, 4.69) is 4.98 Å². The summed E-state index contributed by atoms with van der Waals surface area (Å²) in [5.74, 6) is -2.58. The van der Waals surface area contributed by atoms with Crippen LogP contribution in [0.3, 0.4) is 0 Å². The molecule has 9 nitrogen and oxygen atoms in total. The Hall–Kier alpha value is -4.08. The van der Waals surface area contributed by atoms with E-state index in [1.807, 2.05) is 0 Å². The molecule has 1 aliphatic heterocycles.